The third kappa shape index (κ3) is 3.75. The molecule has 11 heteroatoms. The van der Waals surface area contributed by atoms with E-state index in [2.05, 4.69) is 4.90 Å². The normalized spacial score (nSPS) is 33.2. The fourth-order valence-electron chi connectivity index (χ4n) is 7.15. The monoisotopic (exact) mass is 541 g/mol. The van der Waals surface area contributed by atoms with Gasteiger partial charge in [-0.05, 0) is 51.5 Å². The molecule has 1 aromatic rings. The first-order valence-electron chi connectivity index (χ1n) is 13.2. The molecule has 0 radical (unpaired) electrons. The Morgan fingerprint density at radius 2 is 1.77 bits per heavy atom. The van der Waals surface area contributed by atoms with Gasteiger partial charge in [0, 0.05) is 23.6 Å². The predicted molar refractivity (Wildman–Crippen MR) is 139 cm³/mol. The van der Waals surface area contributed by atoms with Crippen LogP contribution in [0.2, 0.25) is 0 Å². The molecule has 1 saturated heterocycles. The van der Waals surface area contributed by atoms with E-state index in [0.29, 0.717) is 17.7 Å². The van der Waals surface area contributed by atoms with Crippen LogP contribution in [0.25, 0.3) is 0 Å². The van der Waals surface area contributed by atoms with E-state index in [-0.39, 0.29) is 11.3 Å². The lowest BCUT2D eigenvalue weighted by molar-refractivity contribution is -0.162. The van der Waals surface area contributed by atoms with Crippen molar-refractivity contribution in [3.63, 3.8) is 0 Å². The zero-order valence-corrected chi connectivity index (χ0v) is 22.2. The topological polar surface area (TPSA) is 185 Å². The summed E-state index contributed by atoms with van der Waals surface area (Å²) in [5, 5.41) is 57.0. The molecule has 1 fully saturated rings. The van der Waals surface area contributed by atoms with Gasteiger partial charge in [0.15, 0.2) is 11.4 Å². The average molecular weight is 542 g/mol. The van der Waals surface area contributed by atoms with Gasteiger partial charge in [-0.25, -0.2) is 0 Å². The molecule has 210 valence electrons. The fraction of sp³-hybridized carbons (Fsp3) is 0.536. The molecular weight excluding hydrogens is 506 g/mol. The van der Waals surface area contributed by atoms with E-state index in [4.69, 9.17) is 5.73 Å². The number of aliphatic hydroxyl groups is 4. The highest BCUT2D eigenvalue weighted by atomic mass is 16.4. The maximum atomic E-state index is 13.9. The van der Waals surface area contributed by atoms with Crippen molar-refractivity contribution < 1.29 is 39.9 Å². The Morgan fingerprint density at radius 1 is 1.13 bits per heavy atom. The summed E-state index contributed by atoms with van der Waals surface area (Å²) >= 11 is 0. The SMILES string of the molecule is C[C@H]1c2ccc(CN3CCCCC3)c(O)c2C(=O)C2=C(O)[C@]3(O)C(=O)C(C(N)=O)=C(O)[C@@H](N(C)C)C3[C@@H](O)C21. The van der Waals surface area contributed by atoms with Crippen LogP contribution < -0.4 is 5.73 Å². The zero-order valence-electron chi connectivity index (χ0n) is 22.2. The maximum absolute atomic E-state index is 13.9. The Morgan fingerprint density at radius 3 is 2.36 bits per heavy atom. The van der Waals surface area contributed by atoms with Crippen LogP contribution in [0.1, 0.15) is 53.6 Å². The summed E-state index contributed by atoms with van der Waals surface area (Å²) in [5.74, 6) is -8.72. The second-order valence-electron chi connectivity index (χ2n) is 11.4. The van der Waals surface area contributed by atoms with Crippen molar-refractivity contribution in [2.75, 3.05) is 27.2 Å². The Balaban J connectivity index is 1.68. The van der Waals surface area contributed by atoms with Crippen LogP contribution in [0.15, 0.2) is 34.8 Å². The van der Waals surface area contributed by atoms with Gasteiger partial charge in [-0.1, -0.05) is 25.5 Å². The van der Waals surface area contributed by atoms with Gasteiger partial charge < -0.3 is 31.3 Å². The molecule has 6 atom stereocenters. The second-order valence-corrected chi connectivity index (χ2v) is 11.4. The molecule has 2 unspecified atom stereocenters. The average Bonchev–Trinajstić information content (AvgIpc) is 2.87. The van der Waals surface area contributed by atoms with Crippen molar-refractivity contribution >= 4 is 17.5 Å². The molecule has 3 aliphatic carbocycles. The summed E-state index contributed by atoms with van der Waals surface area (Å²) in [4.78, 5) is 43.1. The number of primary amides is 1. The number of nitrogens with zero attached hydrogens (tertiary/aromatic N) is 2. The Labute approximate surface area is 225 Å². The van der Waals surface area contributed by atoms with Gasteiger partial charge in [-0.3, -0.25) is 24.2 Å². The molecule has 1 aromatic carbocycles. The number of phenolic OH excluding ortho intramolecular Hbond substituents is 1. The molecule has 39 heavy (non-hydrogen) atoms. The molecular formula is C28H35N3O8. The molecule has 5 rings (SSSR count). The van der Waals surface area contributed by atoms with Crippen molar-refractivity contribution in [1.82, 2.24) is 9.80 Å². The highest BCUT2D eigenvalue weighted by Crippen LogP contribution is 2.55. The maximum Gasteiger partial charge on any atom is 0.255 e. The van der Waals surface area contributed by atoms with E-state index in [9.17, 15) is 39.9 Å². The van der Waals surface area contributed by atoms with E-state index in [0.717, 1.165) is 32.4 Å². The van der Waals surface area contributed by atoms with Gasteiger partial charge in [0.05, 0.1) is 23.6 Å². The van der Waals surface area contributed by atoms with Crippen LogP contribution in [0.5, 0.6) is 5.75 Å². The van der Waals surface area contributed by atoms with Gasteiger partial charge in [0.2, 0.25) is 5.78 Å². The van der Waals surface area contributed by atoms with Crippen LogP contribution in [0.4, 0.5) is 0 Å². The van der Waals surface area contributed by atoms with Crippen molar-refractivity contribution in [3.8, 4) is 5.75 Å². The summed E-state index contributed by atoms with van der Waals surface area (Å²) in [5.41, 5.74) is 2.09. The number of phenols is 1. The third-order valence-corrected chi connectivity index (χ3v) is 9.06. The second kappa shape index (κ2) is 9.44. The molecule has 0 bridgehead atoms. The highest BCUT2D eigenvalue weighted by molar-refractivity contribution is 6.25. The van der Waals surface area contributed by atoms with Crippen LogP contribution in [0.3, 0.4) is 0 Å². The highest BCUT2D eigenvalue weighted by Gasteiger charge is 2.67. The number of carbonyl (C=O) groups is 3. The molecule has 0 saturated carbocycles. The number of rotatable bonds is 4. The summed E-state index contributed by atoms with van der Waals surface area (Å²) in [6.07, 6.45) is 1.62. The standard InChI is InChI=1S/C28H35N3O8/c1-12-14-8-7-13(11-31-9-5-4-6-10-31)21(32)16(14)22(33)17-15(12)23(34)19-20(30(2)3)24(35)18(27(29)38)26(37)28(19,39)25(17)36/h7-8,12,15,19-20,23,32,34-36,39H,4-6,9-11H2,1-3H3,(H2,29,38)/t12-,15?,19?,20-,23-,28-/m0/s1. The van der Waals surface area contributed by atoms with Crippen LogP contribution >= 0.6 is 0 Å². The van der Waals surface area contributed by atoms with Crippen LogP contribution in [-0.2, 0) is 16.1 Å². The first-order valence-corrected chi connectivity index (χ1v) is 13.2. The summed E-state index contributed by atoms with van der Waals surface area (Å²) in [6.45, 7) is 3.89. The van der Waals surface area contributed by atoms with Crippen molar-refractivity contribution in [2.24, 2.45) is 17.6 Å². The number of benzene rings is 1. The van der Waals surface area contributed by atoms with Crippen molar-refractivity contribution in [2.45, 2.75) is 56.4 Å². The minimum Gasteiger partial charge on any atom is -0.510 e. The molecule has 7 N–H and O–H groups in total. The number of Topliss-reactive ketones (excluding diaryl/α,β-unsaturated/α-hetero) is 2. The summed E-state index contributed by atoms with van der Waals surface area (Å²) < 4.78 is 0. The molecule has 0 aromatic heterocycles. The van der Waals surface area contributed by atoms with E-state index >= 15 is 0 Å². The van der Waals surface area contributed by atoms with Gasteiger partial charge >= 0.3 is 0 Å². The lowest BCUT2D eigenvalue weighted by Gasteiger charge is -2.53. The summed E-state index contributed by atoms with van der Waals surface area (Å²) in [7, 11) is 3.01. The Bertz CT molecular complexity index is 1330. The van der Waals surface area contributed by atoms with Gasteiger partial charge in [0.1, 0.15) is 22.8 Å². The molecule has 1 amide bonds. The van der Waals surface area contributed by atoms with Crippen molar-refractivity contribution in [3.05, 3.63) is 51.5 Å². The number of piperidine rings is 1. The fourth-order valence-corrected chi connectivity index (χ4v) is 7.15. The Kier molecular flexibility index (Phi) is 6.61. The minimum absolute atomic E-state index is 0.0509. The lowest BCUT2D eigenvalue weighted by atomic mass is 9.55. The van der Waals surface area contributed by atoms with E-state index in [1.807, 2.05) is 0 Å². The minimum atomic E-state index is -2.91. The van der Waals surface area contributed by atoms with Crippen LogP contribution in [-0.4, -0.2) is 97.7 Å². The predicted octanol–water partition coefficient (Wildman–Crippen LogP) is 0.638. The number of likely N-dealkylation sites (N-methyl/N-ethyl adjacent to an activating group) is 1. The molecule has 4 aliphatic rings. The number of ketones is 2. The number of fused-ring (bicyclic) bond motifs is 3. The number of hydrogen-bond acceptors (Lipinski definition) is 10. The number of carbonyl (C=O) groups excluding carboxylic acids is 3. The smallest absolute Gasteiger partial charge is 0.255 e. The first kappa shape index (κ1) is 27.3. The molecule has 11 nitrogen and oxygen atoms in total. The molecule has 1 heterocycles. The molecule has 0 spiro atoms. The number of aliphatic hydroxyl groups excluding tert-OH is 3. The number of aromatic hydroxyl groups is 1. The first-order chi connectivity index (χ1) is 18.3. The molecule has 1 aliphatic heterocycles. The number of amides is 1. The van der Waals surface area contributed by atoms with Crippen molar-refractivity contribution in [1.29, 1.82) is 0 Å². The van der Waals surface area contributed by atoms with E-state index in [1.54, 1.807) is 19.1 Å². The number of nitrogens with two attached hydrogens (primary N) is 1. The Hall–Kier alpha value is -3.25. The third-order valence-electron chi connectivity index (χ3n) is 9.06. The van der Waals surface area contributed by atoms with Gasteiger partial charge in [-0.15, -0.1) is 0 Å². The quantitative estimate of drug-likeness (QED) is 0.296. The summed E-state index contributed by atoms with van der Waals surface area (Å²) in [6, 6.07) is 2.21. The largest absolute Gasteiger partial charge is 0.510 e. The number of likely N-dealkylation sites (tertiary alicyclic amines) is 1. The number of hydrogen-bond donors (Lipinski definition) is 6. The van der Waals surface area contributed by atoms with E-state index < -0.39 is 75.6 Å². The van der Waals surface area contributed by atoms with E-state index in [1.165, 1.54) is 19.0 Å². The van der Waals surface area contributed by atoms with Gasteiger partial charge in [0.25, 0.3) is 5.91 Å². The lowest BCUT2D eigenvalue weighted by Crippen LogP contribution is -2.68. The zero-order chi connectivity index (χ0) is 28.5. The van der Waals surface area contributed by atoms with Gasteiger partial charge in [-0.2, -0.15) is 0 Å². The van der Waals surface area contributed by atoms with Crippen LogP contribution in [0, 0.1) is 11.8 Å².